The number of ether oxygens (including phenoxy) is 1. The maximum atomic E-state index is 14.1. The maximum Gasteiger partial charge on any atom is 0.458 e. The van der Waals surface area contributed by atoms with Crippen LogP contribution in [0.2, 0.25) is 0 Å². The molecular weight excluding hydrogens is 461 g/mol. The Morgan fingerprint density at radius 3 is 2.50 bits per heavy atom. The van der Waals surface area contributed by atoms with Gasteiger partial charge < -0.3 is 9.84 Å². The Labute approximate surface area is 185 Å². The van der Waals surface area contributed by atoms with Crippen LogP contribution in [0, 0.1) is 0 Å². The molecule has 6 nitrogen and oxygen atoms in total. The molecule has 1 amide bonds. The second kappa shape index (κ2) is 9.55. The minimum atomic E-state index is -5.88. The zero-order valence-corrected chi connectivity index (χ0v) is 17.3. The van der Waals surface area contributed by atoms with Gasteiger partial charge in [-0.25, -0.2) is 4.42 Å². The molecular formula is C20H19ClF5N3O3. The number of alkyl halides is 5. The van der Waals surface area contributed by atoms with Crippen LogP contribution >= 0.6 is 11.8 Å². The van der Waals surface area contributed by atoms with Crippen LogP contribution in [-0.4, -0.2) is 53.0 Å². The smallest absolute Gasteiger partial charge is 0.458 e. The second-order valence-electron chi connectivity index (χ2n) is 7.11. The molecule has 0 spiro atoms. The van der Waals surface area contributed by atoms with E-state index in [4.69, 9.17) is 16.5 Å². The van der Waals surface area contributed by atoms with Gasteiger partial charge in [-0.1, -0.05) is 0 Å². The van der Waals surface area contributed by atoms with Crippen molar-refractivity contribution in [3.63, 3.8) is 0 Å². The number of amides is 1. The fourth-order valence-corrected chi connectivity index (χ4v) is 3.40. The topological polar surface area (TPSA) is 65.9 Å². The number of rotatable bonds is 7. The number of aromatic nitrogens is 1. The molecule has 0 radical (unpaired) electrons. The highest BCUT2D eigenvalue weighted by molar-refractivity contribution is 6.39. The lowest BCUT2D eigenvalue weighted by atomic mass is 10.1. The molecule has 1 saturated heterocycles. The van der Waals surface area contributed by atoms with Crippen molar-refractivity contribution in [2.45, 2.75) is 31.2 Å². The fraction of sp³-hybridized carbons (Fsp3) is 0.400. The van der Waals surface area contributed by atoms with Gasteiger partial charge in [-0.05, 0) is 37.1 Å². The lowest BCUT2D eigenvalue weighted by molar-refractivity contribution is -0.289. The SMILES string of the molecule is O=C(c1cccnc1)N(Cl)c1ccc(C(F)(F)C(F)(F)F)c(OCC(O)N2CCCC2)c1. The largest absolute Gasteiger partial charge is 0.489 e. The number of aliphatic hydroxyl groups is 1. The number of benzene rings is 1. The van der Waals surface area contributed by atoms with E-state index in [9.17, 15) is 31.9 Å². The van der Waals surface area contributed by atoms with Gasteiger partial charge in [-0.3, -0.25) is 14.7 Å². The number of aliphatic hydroxyl groups excluding tert-OH is 1. The van der Waals surface area contributed by atoms with Gasteiger partial charge >= 0.3 is 12.1 Å². The Morgan fingerprint density at radius 2 is 1.91 bits per heavy atom. The molecule has 32 heavy (non-hydrogen) atoms. The minimum Gasteiger partial charge on any atom is -0.489 e. The summed E-state index contributed by atoms with van der Waals surface area (Å²) >= 11 is 6.02. The summed E-state index contributed by atoms with van der Waals surface area (Å²) in [6, 6.07) is 5.01. The van der Waals surface area contributed by atoms with Gasteiger partial charge in [0.05, 0.1) is 16.8 Å². The summed E-state index contributed by atoms with van der Waals surface area (Å²) in [7, 11) is 0. The molecule has 1 N–H and O–H groups in total. The molecule has 1 atom stereocenters. The van der Waals surface area contributed by atoms with Gasteiger partial charge in [0.2, 0.25) is 0 Å². The normalized spacial score (nSPS) is 16.1. The van der Waals surface area contributed by atoms with E-state index in [1.165, 1.54) is 24.5 Å². The lowest BCUT2D eigenvalue weighted by Gasteiger charge is -2.26. The van der Waals surface area contributed by atoms with Gasteiger partial charge in [0, 0.05) is 43.3 Å². The van der Waals surface area contributed by atoms with Crippen molar-refractivity contribution in [1.29, 1.82) is 0 Å². The van der Waals surface area contributed by atoms with Gasteiger partial charge in [-0.2, -0.15) is 22.0 Å². The van der Waals surface area contributed by atoms with Crippen LogP contribution in [0.5, 0.6) is 5.75 Å². The molecule has 3 rings (SSSR count). The van der Waals surface area contributed by atoms with Gasteiger partial charge in [0.25, 0.3) is 5.91 Å². The number of hydrogen-bond acceptors (Lipinski definition) is 5. The van der Waals surface area contributed by atoms with E-state index in [1.54, 1.807) is 4.90 Å². The van der Waals surface area contributed by atoms with E-state index in [1.807, 2.05) is 0 Å². The van der Waals surface area contributed by atoms with Crippen molar-refractivity contribution in [2.75, 3.05) is 24.1 Å². The molecule has 1 unspecified atom stereocenters. The van der Waals surface area contributed by atoms with E-state index in [2.05, 4.69) is 4.98 Å². The highest BCUT2D eigenvalue weighted by Crippen LogP contribution is 2.48. The second-order valence-corrected chi connectivity index (χ2v) is 7.45. The average molecular weight is 480 g/mol. The summed E-state index contributed by atoms with van der Waals surface area (Å²) in [4.78, 5) is 17.9. The average Bonchev–Trinajstić information content (AvgIpc) is 3.31. The zero-order valence-electron chi connectivity index (χ0n) is 16.5. The predicted molar refractivity (Wildman–Crippen MR) is 106 cm³/mol. The summed E-state index contributed by atoms with van der Waals surface area (Å²) < 4.78 is 72.9. The van der Waals surface area contributed by atoms with Crippen LogP contribution in [0.3, 0.4) is 0 Å². The quantitative estimate of drug-likeness (QED) is 0.473. The van der Waals surface area contributed by atoms with E-state index >= 15 is 0 Å². The molecule has 1 aromatic heterocycles. The van der Waals surface area contributed by atoms with Gasteiger partial charge in [0.15, 0.2) is 0 Å². The van der Waals surface area contributed by atoms with Crippen molar-refractivity contribution < 1.29 is 36.6 Å². The maximum absolute atomic E-state index is 14.1. The molecule has 1 aliphatic heterocycles. The number of pyridine rings is 1. The Bertz CT molecular complexity index is 940. The molecule has 2 heterocycles. The first-order valence-electron chi connectivity index (χ1n) is 9.56. The van der Waals surface area contributed by atoms with Crippen molar-refractivity contribution in [1.82, 2.24) is 9.88 Å². The third-order valence-corrected chi connectivity index (χ3v) is 5.27. The van der Waals surface area contributed by atoms with Crippen molar-refractivity contribution >= 4 is 23.4 Å². The standard InChI is InChI=1S/C20H19ClF5N3O3/c21-29(18(31)13-4-3-7-27-11-13)14-5-6-15(19(22,23)20(24,25)26)16(10-14)32-12-17(30)28-8-1-2-9-28/h3-7,10-11,17,30H,1-2,8-9,12H2. The van der Waals surface area contributed by atoms with Crippen molar-refractivity contribution in [3.05, 3.63) is 53.9 Å². The van der Waals surface area contributed by atoms with Crippen LogP contribution in [0.25, 0.3) is 0 Å². The van der Waals surface area contributed by atoms with E-state index < -0.39 is 42.2 Å². The monoisotopic (exact) mass is 479 g/mol. The predicted octanol–water partition coefficient (Wildman–Crippen LogP) is 4.33. The first kappa shape index (κ1) is 24.1. The van der Waals surface area contributed by atoms with Gasteiger partial charge in [-0.15, -0.1) is 0 Å². The first-order valence-corrected chi connectivity index (χ1v) is 9.90. The zero-order chi connectivity index (χ0) is 23.5. The van der Waals surface area contributed by atoms with Crippen LogP contribution in [-0.2, 0) is 5.92 Å². The highest BCUT2D eigenvalue weighted by atomic mass is 35.5. The number of anilines is 1. The summed E-state index contributed by atoms with van der Waals surface area (Å²) in [6.07, 6.45) is -2.80. The number of nitrogens with zero attached hydrogens (tertiary/aromatic N) is 3. The van der Waals surface area contributed by atoms with E-state index in [-0.39, 0.29) is 11.3 Å². The Hall–Kier alpha value is -2.50. The molecule has 0 bridgehead atoms. The molecule has 0 saturated carbocycles. The van der Waals surface area contributed by atoms with Crippen LogP contribution in [0.15, 0.2) is 42.7 Å². The summed E-state index contributed by atoms with van der Waals surface area (Å²) in [5, 5.41) is 10.2. The molecule has 12 heteroatoms. The van der Waals surface area contributed by atoms with E-state index in [0.29, 0.717) is 23.6 Å². The van der Waals surface area contributed by atoms with E-state index in [0.717, 1.165) is 25.0 Å². The number of likely N-dealkylation sites (tertiary alicyclic amines) is 1. The fourth-order valence-electron chi connectivity index (χ4n) is 3.19. The molecule has 174 valence electrons. The number of halogens is 6. The molecule has 1 fully saturated rings. The summed E-state index contributed by atoms with van der Waals surface area (Å²) in [6.45, 7) is 0.541. The van der Waals surface area contributed by atoms with Crippen LogP contribution in [0.4, 0.5) is 27.6 Å². The molecule has 0 aliphatic carbocycles. The Morgan fingerprint density at radius 1 is 1.22 bits per heavy atom. The van der Waals surface area contributed by atoms with Gasteiger partial charge in [0.1, 0.15) is 18.6 Å². The third-order valence-electron chi connectivity index (χ3n) is 4.92. The lowest BCUT2D eigenvalue weighted by Crippen LogP contribution is -2.38. The number of carbonyl (C=O) groups is 1. The van der Waals surface area contributed by atoms with Crippen molar-refractivity contribution in [3.8, 4) is 5.75 Å². The number of carbonyl (C=O) groups excluding carboxylic acids is 1. The first-order chi connectivity index (χ1) is 15.0. The third kappa shape index (κ3) is 5.11. The molecule has 1 aromatic carbocycles. The Kier molecular flexibility index (Phi) is 7.21. The minimum absolute atomic E-state index is 0.0686. The Balaban J connectivity index is 1.91. The number of hydrogen-bond donors (Lipinski definition) is 1. The summed E-state index contributed by atoms with van der Waals surface area (Å²) in [5.41, 5.74) is -1.59. The van der Waals surface area contributed by atoms with Crippen molar-refractivity contribution in [2.24, 2.45) is 0 Å². The molecule has 1 aliphatic rings. The highest BCUT2D eigenvalue weighted by Gasteiger charge is 2.60. The molecule has 2 aromatic rings. The van der Waals surface area contributed by atoms with Crippen LogP contribution in [0.1, 0.15) is 28.8 Å². The summed E-state index contributed by atoms with van der Waals surface area (Å²) in [5.74, 6) is -6.87. The van der Waals surface area contributed by atoms with Crippen LogP contribution < -0.4 is 9.16 Å².